The van der Waals surface area contributed by atoms with Crippen molar-refractivity contribution in [3.63, 3.8) is 0 Å². The fourth-order valence-corrected chi connectivity index (χ4v) is 9.23. The minimum atomic E-state index is -0.786. The van der Waals surface area contributed by atoms with Gasteiger partial charge >= 0.3 is 17.9 Å². The van der Waals surface area contributed by atoms with Crippen molar-refractivity contribution in [3.05, 3.63) is 72.9 Å². The van der Waals surface area contributed by atoms with Crippen LogP contribution in [-0.4, -0.2) is 37.2 Å². The number of rotatable bonds is 59. The Kier molecular flexibility index (Phi) is 60.7. The number of carbonyl (C=O) groups excluding carboxylic acids is 3. The maximum Gasteiger partial charge on any atom is 0.306 e. The van der Waals surface area contributed by atoms with Crippen molar-refractivity contribution in [2.45, 2.75) is 335 Å². The molecule has 0 bridgehead atoms. The van der Waals surface area contributed by atoms with Gasteiger partial charge in [-0.1, -0.05) is 273 Å². The van der Waals surface area contributed by atoms with Crippen LogP contribution in [0.2, 0.25) is 0 Å². The van der Waals surface area contributed by atoms with Gasteiger partial charge in [-0.25, -0.2) is 0 Å². The van der Waals surface area contributed by atoms with Gasteiger partial charge in [0.1, 0.15) is 13.2 Å². The molecule has 0 radical (unpaired) electrons. The van der Waals surface area contributed by atoms with Crippen molar-refractivity contribution in [3.8, 4) is 0 Å². The van der Waals surface area contributed by atoms with E-state index in [4.69, 9.17) is 14.2 Å². The summed E-state index contributed by atoms with van der Waals surface area (Å²) in [7, 11) is 0. The summed E-state index contributed by atoms with van der Waals surface area (Å²) in [5.74, 6) is -0.891. The number of allylic oxidation sites excluding steroid dienone is 12. The van der Waals surface area contributed by atoms with E-state index in [0.29, 0.717) is 19.3 Å². The molecule has 0 aliphatic carbocycles. The van der Waals surface area contributed by atoms with Gasteiger partial charge in [0.25, 0.3) is 0 Å². The third-order valence-electron chi connectivity index (χ3n) is 14.2. The van der Waals surface area contributed by atoms with E-state index in [9.17, 15) is 14.4 Å². The highest BCUT2D eigenvalue weighted by Gasteiger charge is 2.19. The standard InChI is InChI=1S/C69H122O6/c1-4-7-10-13-16-19-22-25-28-30-32-33-34-35-36-37-38-40-41-44-47-50-53-56-59-62-68(71)74-65-66(64-73-67(70)61-58-55-52-49-46-43-27-24-21-18-15-12-9-6-3)75-69(72)63-60-57-54-51-48-45-42-39-31-29-26-23-20-17-14-11-8-5-2/h15,18,22,24-25,27,29-32,34-35,66H,4-14,16-17,19-21,23,26,28,33,36-65H2,1-3H3/b18-15-,25-22-,27-24-,31-29-,32-30-,35-34-. The second-order valence-electron chi connectivity index (χ2n) is 21.7. The Balaban J connectivity index is 4.33. The molecule has 0 aromatic rings. The molecule has 0 N–H and O–H groups in total. The zero-order valence-electron chi connectivity index (χ0n) is 49.8. The molecular weight excluding hydrogens is 925 g/mol. The second kappa shape index (κ2) is 63.4. The molecule has 1 atom stereocenters. The fourth-order valence-electron chi connectivity index (χ4n) is 9.23. The van der Waals surface area contributed by atoms with Crippen LogP contribution in [-0.2, 0) is 28.6 Å². The normalized spacial score (nSPS) is 12.5. The van der Waals surface area contributed by atoms with E-state index >= 15 is 0 Å². The number of hydrogen-bond acceptors (Lipinski definition) is 6. The van der Waals surface area contributed by atoms with Gasteiger partial charge in [-0.15, -0.1) is 0 Å². The van der Waals surface area contributed by atoms with E-state index in [0.717, 1.165) is 89.9 Å². The first-order valence-corrected chi connectivity index (χ1v) is 32.4. The van der Waals surface area contributed by atoms with E-state index in [1.807, 2.05) is 0 Å². The number of esters is 3. The summed E-state index contributed by atoms with van der Waals surface area (Å²) in [4.78, 5) is 38.3. The van der Waals surface area contributed by atoms with Gasteiger partial charge < -0.3 is 14.2 Å². The van der Waals surface area contributed by atoms with Crippen LogP contribution in [0.15, 0.2) is 72.9 Å². The van der Waals surface area contributed by atoms with Crippen LogP contribution in [0.4, 0.5) is 0 Å². The molecule has 0 aromatic carbocycles. The largest absolute Gasteiger partial charge is 0.462 e. The van der Waals surface area contributed by atoms with Crippen molar-refractivity contribution in [2.24, 2.45) is 0 Å². The number of unbranched alkanes of at least 4 members (excludes halogenated alkanes) is 36. The molecule has 0 rings (SSSR count). The van der Waals surface area contributed by atoms with E-state index in [1.54, 1.807) is 0 Å². The number of hydrogen-bond donors (Lipinski definition) is 0. The van der Waals surface area contributed by atoms with Crippen molar-refractivity contribution in [1.82, 2.24) is 0 Å². The summed E-state index contributed by atoms with van der Waals surface area (Å²) < 4.78 is 16.9. The molecule has 0 aliphatic heterocycles. The van der Waals surface area contributed by atoms with Gasteiger partial charge in [0.05, 0.1) is 0 Å². The molecule has 6 nitrogen and oxygen atoms in total. The molecule has 0 aliphatic rings. The van der Waals surface area contributed by atoms with Gasteiger partial charge in [-0.2, -0.15) is 0 Å². The molecule has 0 heterocycles. The lowest BCUT2D eigenvalue weighted by molar-refractivity contribution is -0.167. The Morgan fingerprint density at radius 3 is 0.800 bits per heavy atom. The molecule has 0 saturated heterocycles. The van der Waals surface area contributed by atoms with Crippen LogP contribution in [0.5, 0.6) is 0 Å². The molecule has 0 amide bonds. The molecule has 75 heavy (non-hydrogen) atoms. The highest BCUT2D eigenvalue weighted by Crippen LogP contribution is 2.16. The SMILES string of the molecule is CCCC/C=C\C/C=C\CCCCCCCC(=O)OCC(COC(=O)CCCCCCCCCCCC/C=C\C/C=C\C/C=C\CCCCCCC)OC(=O)CCCCCCCCC/C=C\CCCCCCCCC. The third kappa shape index (κ3) is 61.6. The molecule has 0 fully saturated rings. The highest BCUT2D eigenvalue weighted by atomic mass is 16.6. The highest BCUT2D eigenvalue weighted by molar-refractivity contribution is 5.71. The summed E-state index contributed by atoms with van der Waals surface area (Å²) in [5.41, 5.74) is 0. The Morgan fingerprint density at radius 1 is 0.267 bits per heavy atom. The van der Waals surface area contributed by atoms with Gasteiger partial charge in [0.2, 0.25) is 0 Å². The lowest BCUT2D eigenvalue weighted by Crippen LogP contribution is -2.30. The van der Waals surface area contributed by atoms with E-state index < -0.39 is 6.10 Å². The van der Waals surface area contributed by atoms with Crippen LogP contribution < -0.4 is 0 Å². The Bertz CT molecular complexity index is 1390. The first-order valence-electron chi connectivity index (χ1n) is 32.4. The first kappa shape index (κ1) is 71.8. The Morgan fingerprint density at radius 2 is 0.493 bits per heavy atom. The maximum atomic E-state index is 12.9. The average molecular weight is 1050 g/mol. The van der Waals surface area contributed by atoms with Gasteiger partial charge in [-0.05, 0) is 109 Å². The van der Waals surface area contributed by atoms with Crippen molar-refractivity contribution in [1.29, 1.82) is 0 Å². The van der Waals surface area contributed by atoms with E-state index in [-0.39, 0.29) is 31.1 Å². The topological polar surface area (TPSA) is 78.9 Å². The second-order valence-corrected chi connectivity index (χ2v) is 21.7. The fraction of sp³-hybridized carbons (Fsp3) is 0.783. The minimum Gasteiger partial charge on any atom is -0.462 e. The van der Waals surface area contributed by atoms with Crippen LogP contribution in [0.3, 0.4) is 0 Å². The van der Waals surface area contributed by atoms with Crippen LogP contribution in [0.1, 0.15) is 329 Å². The predicted molar refractivity (Wildman–Crippen MR) is 325 cm³/mol. The van der Waals surface area contributed by atoms with Crippen LogP contribution >= 0.6 is 0 Å². The van der Waals surface area contributed by atoms with E-state index in [1.165, 1.54) is 199 Å². The summed E-state index contributed by atoms with van der Waals surface area (Å²) in [6.07, 6.45) is 81.9. The lowest BCUT2D eigenvalue weighted by Gasteiger charge is -2.18. The molecule has 0 spiro atoms. The quantitative estimate of drug-likeness (QED) is 0.0261. The summed E-state index contributed by atoms with van der Waals surface area (Å²) in [6, 6.07) is 0. The minimum absolute atomic E-state index is 0.0825. The zero-order valence-corrected chi connectivity index (χ0v) is 49.8. The number of carbonyl (C=O) groups is 3. The third-order valence-corrected chi connectivity index (χ3v) is 14.2. The lowest BCUT2D eigenvalue weighted by atomic mass is 10.1. The smallest absolute Gasteiger partial charge is 0.306 e. The molecule has 0 saturated carbocycles. The van der Waals surface area contributed by atoms with Crippen molar-refractivity contribution in [2.75, 3.05) is 13.2 Å². The zero-order chi connectivity index (χ0) is 54.3. The molecule has 434 valence electrons. The molecule has 6 heteroatoms. The molecular formula is C69H122O6. The van der Waals surface area contributed by atoms with Gasteiger partial charge in [-0.3, -0.25) is 14.4 Å². The van der Waals surface area contributed by atoms with Gasteiger partial charge in [0.15, 0.2) is 6.10 Å². The molecule has 1 unspecified atom stereocenters. The Labute approximate surface area is 465 Å². The summed E-state index contributed by atoms with van der Waals surface area (Å²) in [5, 5.41) is 0. The summed E-state index contributed by atoms with van der Waals surface area (Å²) >= 11 is 0. The number of ether oxygens (including phenoxy) is 3. The van der Waals surface area contributed by atoms with Crippen LogP contribution in [0, 0.1) is 0 Å². The molecule has 0 aromatic heterocycles. The Hall–Kier alpha value is -3.15. The monoisotopic (exact) mass is 1050 g/mol. The van der Waals surface area contributed by atoms with Gasteiger partial charge in [0, 0.05) is 19.3 Å². The predicted octanol–water partition coefficient (Wildman–Crippen LogP) is 22.1. The maximum absolute atomic E-state index is 12.9. The first-order chi connectivity index (χ1) is 37.0. The van der Waals surface area contributed by atoms with Crippen molar-refractivity contribution >= 4 is 17.9 Å². The van der Waals surface area contributed by atoms with Crippen LogP contribution in [0.25, 0.3) is 0 Å². The average Bonchev–Trinajstić information content (AvgIpc) is 3.41. The van der Waals surface area contributed by atoms with E-state index in [2.05, 4.69) is 93.7 Å². The van der Waals surface area contributed by atoms with Crippen molar-refractivity contribution < 1.29 is 28.6 Å². The summed E-state index contributed by atoms with van der Waals surface area (Å²) in [6.45, 7) is 6.60.